The molecule has 2 N–H and O–H groups in total. The second-order valence-corrected chi connectivity index (χ2v) is 11.4. The second kappa shape index (κ2) is 11.0. The Bertz CT molecular complexity index is 1950. The first-order valence-electron chi connectivity index (χ1n) is 14.6. The molecule has 4 atom stereocenters. The van der Waals surface area contributed by atoms with Gasteiger partial charge in [-0.05, 0) is 54.7 Å². The first-order valence-corrected chi connectivity index (χ1v) is 14.5. The van der Waals surface area contributed by atoms with Crippen molar-refractivity contribution in [1.29, 1.82) is 10.5 Å². The summed E-state index contributed by atoms with van der Waals surface area (Å²) in [6.07, 6.45) is 5.99. The average molecular weight is 590 g/mol. The molecule has 0 unspecified atom stereocenters. The molecule has 10 heteroatoms. The molecule has 2 aromatic heterocycles. The fraction of sp³-hybridized carbons (Fsp3) is 0.242. The maximum Gasteiger partial charge on any atom is 0.123 e. The van der Waals surface area contributed by atoms with Crippen molar-refractivity contribution >= 4 is 33.9 Å². The van der Waals surface area contributed by atoms with E-state index in [1.807, 2.05) is 30.3 Å². The van der Waals surface area contributed by atoms with Crippen molar-refractivity contribution in [2.24, 2.45) is 11.8 Å². The van der Waals surface area contributed by atoms with Gasteiger partial charge in [0, 0.05) is 23.2 Å². The fourth-order valence-corrected chi connectivity index (χ4v) is 5.78. The Labute approximate surface area is 254 Å². The van der Waals surface area contributed by atoms with E-state index in [0.29, 0.717) is 44.1 Å². The lowest BCUT2D eigenvalue weighted by Gasteiger charge is -2.23. The van der Waals surface area contributed by atoms with Crippen molar-refractivity contribution in [3.05, 3.63) is 112 Å². The van der Waals surface area contributed by atoms with Gasteiger partial charge in [0.15, 0.2) is 0 Å². The number of nitriles is 2. The summed E-state index contributed by atoms with van der Waals surface area (Å²) in [7, 11) is 0. The van der Waals surface area contributed by atoms with Gasteiger partial charge in [-0.1, -0.05) is 59.3 Å². The summed E-state index contributed by atoms with van der Waals surface area (Å²) in [6.45, 7) is 0. The fourth-order valence-electron chi connectivity index (χ4n) is 5.51. The zero-order valence-corrected chi connectivity index (χ0v) is 23.6. The van der Waals surface area contributed by atoms with Crippen molar-refractivity contribution < 1.29 is 5.76 Å². The Morgan fingerprint density at radius 3 is 2.53 bits per heavy atom. The van der Waals surface area contributed by atoms with E-state index in [1.165, 1.54) is 18.3 Å². The summed E-state index contributed by atoms with van der Waals surface area (Å²) in [5.74, 6) is -0.433. The van der Waals surface area contributed by atoms with E-state index in [-0.39, 0.29) is 23.9 Å². The summed E-state index contributed by atoms with van der Waals surface area (Å²) in [5, 5.41) is 36.1. The van der Waals surface area contributed by atoms with Crippen LogP contribution in [0.5, 0.6) is 0 Å². The molecule has 43 heavy (non-hydrogen) atoms. The third-order valence-electron chi connectivity index (χ3n) is 8.03. The summed E-state index contributed by atoms with van der Waals surface area (Å²) < 4.78 is 25.3. The first kappa shape index (κ1) is 25.7. The number of fused-ring (bicyclic) bond motifs is 1. The molecular weight excluding hydrogens is 563 g/mol. The van der Waals surface area contributed by atoms with Crippen LogP contribution in [0.4, 0.5) is 15.8 Å². The number of anilines is 2. The molecule has 2 saturated carbocycles. The zero-order valence-electron chi connectivity index (χ0n) is 23.9. The van der Waals surface area contributed by atoms with Crippen molar-refractivity contribution in [3.8, 4) is 12.1 Å². The van der Waals surface area contributed by atoms with Crippen molar-refractivity contribution in [3.63, 3.8) is 0 Å². The molecule has 2 aliphatic rings. The molecule has 2 aliphatic carbocycles. The van der Waals surface area contributed by atoms with E-state index in [2.05, 4.69) is 38.1 Å². The van der Waals surface area contributed by atoms with E-state index >= 15 is 0 Å². The monoisotopic (exact) mass is 589 g/mol. The number of halogens is 2. The molecule has 0 radical (unpaired) electrons. The largest absolute Gasteiger partial charge is 0.376 e. The first-order chi connectivity index (χ1) is 21.4. The summed E-state index contributed by atoms with van der Waals surface area (Å²) >= 11 is 6.80. The smallest absolute Gasteiger partial charge is 0.123 e. The normalized spacial score (nSPS) is 19.9. The maximum atomic E-state index is 13.9. The molecule has 2 heterocycles. The van der Waals surface area contributed by atoms with Crippen molar-refractivity contribution in [1.82, 2.24) is 20.0 Å². The number of nitrogens with zero attached hydrogens (tertiary/aromatic N) is 6. The van der Waals surface area contributed by atoms with Crippen LogP contribution in [0, 0.1) is 40.3 Å². The van der Waals surface area contributed by atoms with Crippen molar-refractivity contribution in [2.45, 2.75) is 37.4 Å². The van der Waals surface area contributed by atoms with E-state index in [4.69, 9.17) is 11.6 Å². The summed E-state index contributed by atoms with van der Waals surface area (Å²) in [5.41, 5.74) is 3.62. The van der Waals surface area contributed by atoms with Crippen LogP contribution in [0.15, 0.2) is 79.1 Å². The van der Waals surface area contributed by atoms with Crippen LogP contribution >= 0.6 is 11.6 Å². The van der Waals surface area contributed by atoms with Crippen LogP contribution in [0.2, 0.25) is 5.02 Å². The molecular formula is C33H26ClFN8. The van der Waals surface area contributed by atoms with Gasteiger partial charge in [0.2, 0.25) is 0 Å². The number of pyridine rings is 1. The second-order valence-electron chi connectivity index (χ2n) is 11.0. The van der Waals surface area contributed by atoms with Gasteiger partial charge in [-0.15, -0.1) is 5.10 Å². The van der Waals surface area contributed by atoms with Gasteiger partial charge in [-0.25, -0.2) is 9.07 Å². The quantitative estimate of drug-likeness (QED) is 0.185. The predicted octanol–water partition coefficient (Wildman–Crippen LogP) is 7.34. The number of rotatable bonds is 9. The molecule has 212 valence electrons. The molecule has 7 rings (SSSR count). The van der Waals surface area contributed by atoms with E-state index in [0.717, 1.165) is 24.8 Å². The molecule has 0 aliphatic heterocycles. The summed E-state index contributed by atoms with van der Waals surface area (Å²) in [4.78, 5) is 4.49. The minimum Gasteiger partial charge on any atom is -0.376 e. The Balaban J connectivity index is 1.33. The zero-order chi connectivity index (χ0) is 30.4. The molecule has 0 spiro atoms. The molecule has 0 bridgehead atoms. The average Bonchev–Trinajstić information content (AvgIpc) is 3.98. The lowest BCUT2D eigenvalue weighted by molar-refractivity contribution is 0.610. The van der Waals surface area contributed by atoms with Crippen LogP contribution < -0.4 is 10.6 Å². The standard InChI is InChI=1S/C33H26ClFN8/c34-28-14-24(39-32(20-6-8-23(35)9-7-20)29-18-43(42-41-29)25-10-11-25)13-27-31(22(16-37)17-38-33(27)28)40-30(26-12-21(26)15-36)19-4-2-1-3-5-19/h1-9,13-14,17-18,21,25-26,30,32,39H,10-12H2,(H,38,40)/t21-,26+,30-,32-/m0/s1/i32D. The highest BCUT2D eigenvalue weighted by Gasteiger charge is 2.44. The van der Waals surface area contributed by atoms with E-state index < -0.39 is 11.8 Å². The van der Waals surface area contributed by atoms with E-state index in [1.54, 1.807) is 35.1 Å². The minimum atomic E-state index is -1.65. The molecule has 8 nitrogen and oxygen atoms in total. The van der Waals surface area contributed by atoms with Crippen molar-refractivity contribution in [2.75, 3.05) is 10.6 Å². The van der Waals surface area contributed by atoms with Gasteiger partial charge in [-0.2, -0.15) is 10.5 Å². The molecule has 3 aromatic carbocycles. The predicted molar refractivity (Wildman–Crippen MR) is 162 cm³/mol. The summed E-state index contributed by atoms with van der Waals surface area (Å²) in [6, 6.07) is 22.0. The lowest BCUT2D eigenvalue weighted by atomic mass is 9.99. The van der Waals surface area contributed by atoms with Gasteiger partial charge >= 0.3 is 0 Å². The number of benzene rings is 3. The molecule has 5 aromatic rings. The third kappa shape index (κ3) is 5.36. The number of hydrogen-bond acceptors (Lipinski definition) is 7. The highest BCUT2D eigenvalue weighted by molar-refractivity contribution is 6.35. The van der Waals surface area contributed by atoms with Crippen LogP contribution in [-0.4, -0.2) is 20.0 Å². The third-order valence-corrected chi connectivity index (χ3v) is 8.32. The molecule has 2 fully saturated rings. The van der Waals surface area contributed by atoms with E-state index in [9.17, 15) is 16.3 Å². The topological polar surface area (TPSA) is 115 Å². The molecule has 0 amide bonds. The van der Waals surface area contributed by atoms with Crippen LogP contribution in [-0.2, 0) is 0 Å². The van der Waals surface area contributed by atoms with Crippen LogP contribution in [0.25, 0.3) is 10.9 Å². The maximum absolute atomic E-state index is 13.9. The molecule has 0 saturated heterocycles. The van der Waals surface area contributed by atoms with Gasteiger partial charge in [0.25, 0.3) is 0 Å². The Morgan fingerprint density at radius 2 is 1.84 bits per heavy atom. The van der Waals surface area contributed by atoms with Gasteiger partial charge in [-0.3, -0.25) is 4.98 Å². The highest BCUT2D eigenvalue weighted by Crippen LogP contribution is 2.49. The number of nitrogens with one attached hydrogen (secondary N) is 2. The van der Waals surface area contributed by atoms with Gasteiger partial charge < -0.3 is 10.6 Å². The lowest BCUT2D eigenvalue weighted by Crippen LogP contribution is -2.16. The highest BCUT2D eigenvalue weighted by atomic mass is 35.5. The van der Waals surface area contributed by atoms with Crippen LogP contribution in [0.3, 0.4) is 0 Å². The number of aromatic nitrogens is 4. The SMILES string of the molecule is [2H][C@](Nc1cc(Cl)c2ncc(C#N)c(N[C@@H](c3ccccc3)[C@@H]3C[C@H]3C#N)c2c1)(c1ccc(F)cc1)c1cn(C2CC2)nn1. The van der Waals surface area contributed by atoms with Gasteiger partial charge in [0.1, 0.15) is 17.6 Å². The Morgan fingerprint density at radius 1 is 1.05 bits per heavy atom. The van der Waals surface area contributed by atoms with Crippen LogP contribution in [0.1, 0.15) is 61.1 Å². The Kier molecular flexibility index (Phi) is 6.58. The number of hydrogen-bond donors (Lipinski definition) is 2. The van der Waals surface area contributed by atoms with Gasteiger partial charge in [0.05, 0.1) is 59.4 Å². The Hall–Kier alpha value is -4.99. The minimum absolute atomic E-state index is 0.0717.